The highest BCUT2D eigenvalue weighted by Crippen LogP contribution is 2.21. The van der Waals surface area contributed by atoms with E-state index in [1.807, 2.05) is 0 Å². The number of nitrogens with two attached hydrogens (primary N) is 1. The number of rotatable bonds is 1. The molecule has 0 bridgehead atoms. The lowest BCUT2D eigenvalue weighted by atomic mass is 9.89. The smallest absolute Gasteiger partial charge is 0.0248 e. The normalized spacial score (nSPS) is 37.6. The van der Waals surface area contributed by atoms with Crippen LogP contribution in [0.5, 0.6) is 0 Å². The molecule has 0 amide bonds. The second kappa shape index (κ2) is 4.40. The first-order chi connectivity index (χ1) is 6.38. The summed E-state index contributed by atoms with van der Waals surface area (Å²) >= 11 is 0. The van der Waals surface area contributed by atoms with Crippen molar-refractivity contribution in [2.75, 3.05) is 26.2 Å². The fourth-order valence-corrected chi connectivity index (χ4v) is 2.61. The van der Waals surface area contributed by atoms with E-state index in [4.69, 9.17) is 5.73 Å². The molecule has 1 aliphatic carbocycles. The van der Waals surface area contributed by atoms with Crippen LogP contribution < -0.4 is 11.1 Å². The Morgan fingerprint density at radius 1 is 1.08 bits per heavy atom. The van der Waals surface area contributed by atoms with Gasteiger partial charge in [0.2, 0.25) is 0 Å². The largest absolute Gasteiger partial charge is 0.326 e. The van der Waals surface area contributed by atoms with Crippen molar-refractivity contribution in [1.82, 2.24) is 10.2 Å². The first kappa shape index (κ1) is 9.44. The van der Waals surface area contributed by atoms with Gasteiger partial charge in [-0.05, 0) is 12.8 Å². The van der Waals surface area contributed by atoms with Gasteiger partial charge in [-0.15, -0.1) is 0 Å². The van der Waals surface area contributed by atoms with Crippen LogP contribution >= 0.6 is 0 Å². The Balaban J connectivity index is 1.88. The lowest BCUT2D eigenvalue weighted by molar-refractivity contribution is 0.122. The maximum Gasteiger partial charge on any atom is 0.0248 e. The molecule has 0 spiro atoms. The molecule has 2 rings (SSSR count). The Morgan fingerprint density at radius 3 is 2.46 bits per heavy atom. The summed E-state index contributed by atoms with van der Waals surface area (Å²) in [4.78, 5) is 2.58. The monoisotopic (exact) mass is 183 g/mol. The highest BCUT2D eigenvalue weighted by atomic mass is 15.2. The summed E-state index contributed by atoms with van der Waals surface area (Å²) in [5.41, 5.74) is 6.15. The fraction of sp³-hybridized carbons (Fsp3) is 1.00. The number of hydrogen-bond donors (Lipinski definition) is 2. The zero-order chi connectivity index (χ0) is 9.10. The predicted molar refractivity (Wildman–Crippen MR) is 54.7 cm³/mol. The predicted octanol–water partition coefficient (Wildman–Crippen LogP) is 0.162. The molecule has 1 heterocycles. The van der Waals surface area contributed by atoms with Crippen molar-refractivity contribution in [3.8, 4) is 0 Å². The molecule has 0 radical (unpaired) electrons. The summed E-state index contributed by atoms with van der Waals surface area (Å²) in [6, 6.07) is 1.11. The molecule has 0 aromatic carbocycles. The van der Waals surface area contributed by atoms with Crippen molar-refractivity contribution in [2.24, 2.45) is 5.73 Å². The summed E-state index contributed by atoms with van der Waals surface area (Å²) in [6.07, 6.45) is 5.27. The van der Waals surface area contributed by atoms with Gasteiger partial charge in [0, 0.05) is 38.3 Å². The molecule has 3 heteroatoms. The van der Waals surface area contributed by atoms with Crippen molar-refractivity contribution in [3.63, 3.8) is 0 Å². The molecule has 2 fully saturated rings. The van der Waals surface area contributed by atoms with Gasteiger partial charge in [0.05, 0.1) is 0 Å². The van der Waals surface area contributed by atoms with Crippen molar-refractivity contribution >= 4 is 0 Å². The van der Waals surface area contributed by atoms with Crippen LogP contribution in [0.25, 0.3) is 0 Å². The van der Waals surface area contributed by atoms with Crippen molar-refractivity contribution in [1.29, 1.82) is 0 Å². The van der Waals surface area contributed by atoms with Gasteiger partial charge < -0.3 is 11.1 Å². The summed E-state index contributed by atoms with van der Waals surface area (Å²) in [5.74, 6) is 0. The van der Waals surface area contributed by atoms with Crippen LogP contribution in [-0.4, -0.2) is 43.2 Å². The van der Waals surface area contributed by atoms with Gasteiger partial charge in [-0.2, -0.15) is 0 Å². The maximum absolute atomic E-state index is 6.15. The van der Waals surface area contributed by atoms with Gasteiger partial charge in [-0.25, -0.2) is 0 Å². The van der Waals surface area contributed by atoms with E-state index in [9.17, 15) is 0 Å². The summed E-state index contributed by atoms with van der Waals surface area (Å²) in [5, 5.41) is 3.39. The average Bonchev–Trinajstić information content (AvgIpc) is 2.20. The molecule has 2 atom stereocenters. The van der Waals surface area contributed by atoms with Gasteiger partial charge in [0.1, 0.15) is 0 Å². The Bertz CT molecular complexity index is 154. The average molecular weight is 183 g/mol. The van der Waals surface area contributed by atoms with Crippen LogP contribution in [0, 0.1) is 0 Å². The Labute approximate surface area is 80.7 Å². The van der Waals surface area contributed by atoms with Crippen LogP contribution in [0.2, 0.25) is 0 Å². The molecule has 0 aromatic heterocycles. The highest BCUT2D eigenvalue weighted by Gasteiger charge is 2.27. The second-order valence-corrected chi connectivity index (χ2v) is 4.30. The van der Waals surface area contributed by atoms with Gasteiger partial charge >= 0.3 is 0 Å². The van der Waals surface area contributed by atoms with Crippen molar-refractivity contribution < 1.29 is 0 Å². The first-order valence-corrected chi connectivity index (χ1v) is 5.58. The molecule has 1 aliphatic heterocycles. The number of hydrogen-bond acceptors (Lipinski definition) is 3. The molecule has 76 valence electrons. The van der Waals surface area contributed by atoms with Crippen LogP contribution in [0.15, 0.2) is 0 Å². The second-order valence-electron chi connectivity index (χ2n) is 4.30. The third-order valence-corrected chi connectivity index (χ3v) is 3.40. The molecular weight excluding hydrogens is 162 g/mol. The van der Waals surface area contributed by atoms with E-state index in [1.54, 1.807) is 0 Å². The highest BCUT2D eigenvalue weighted by molar-refractivity contribution is 4.87. The zero-order valence-electron chi connectivity index (χ0n) is 8.34. The SMILES string of the molecule is NC1CCCCC1N1CCNCC1. The van der Waals surface area contributed by atoms with Gasteiger partial charge in [-0.1, -0.05) is 12.8 Å². The minimum absolute atomic E-state index is 0.437. The van der Waals surface area contributed by atoms with E-state index in [0.717, 1.165) is 13.1 Å². The van der Waals surface area contributed by atoms with Crippen molar-refractivity contribution in [3.05, 3.63) is 0 Å². The summed E-state index contributed by atoms with van der Waals surface area (Å²) in [6.45, 7) is 4.67. The quantitative estimate of drug-likeness (QED) is 0.608. The van der Waals surface area contributed by atoms with E-state index in [-0.39, 0.29) is 0 Å². The van der Waals surface area contributed by atoms with Crippen LogP contribution in [0.3, 0.4) is 0 Å². The van der Waals surface area contributed by atoms with Crippen LogP contribution in [-0.2, 0) is 0 Å². The summed E-state index contributed by atoms with van der Waals surface area (Å²) in [7, 11) is 0. The minimum atomic E-state index is 0.437. The minimum Gasteiger partial charge on any atom is -0.326 e. The maximum atomic E-state index is 6.15. The molecule has 1 saturated heterocycles. The van der Waals surface area contributed by atoms with Crippen molar-refractivity contribution in [2.45, 2.75) is 37.8 Å². The van der Waals surface area contributed by atoms with E-state index in [0.29, 0.717) is 12.1 Å². The zero-order valence-corrected chi connectivity index (χ0v) is 8.34. The Hall–Kier alpha value is -0.120. The molecule has 0 aromatic rings. The van der Waals surface area contributed by atoms with Gasteiger partial charge in [0.25, 0.3) is 0 Å². The molecule has 1 saturated carbocycles. The molecule has 3 N–H and O–H groups in total. The Morgan fingerprint density at radius 2 is 1.77 bits per heavy atom. The topological polar surface area (TPSA) is 41.3 Å². The number of nitrogens with one attached hydrogen (secondary N) is 1. The van der Waals surface area contributed by atoms with Gasteiger partial charge in [-0.3, -0.25) is 4.90 Å². The first-order valence-electron chi connectivity index (χ1n) is 5.58. The lowest BCUT2D eigenvalue weighted by Gasteiger charge is -2.40. The molecular formula is C10H21N3. The molecule has 2 aliphatic rings. The molecule has 2 unspecified atom stereocenters. The summed E-state index contributed by atoms with van der Waals surface area (Å²) < 4.78 is 0. The van der Waals surface area contributed by atoms with Crippen LogP contribution in [0.1, 0.15) is 25.7 Å². The fourth-order valence-electron chi connectivity index (χ4n) is 2.61. The van der Waals surface area contributed by atoms with E-state index >= 15 is 0 Å². The van der Waals surface area contributed by atoms with E-state index in [2.05, 4.69) is 10.2 Å². The Kier molecular flexibility index (Phi) is 3.19. The number of piperazine rings is 1. The van der Waals surface area contributed by atoms with E-state index < -0.39 is 0 Å². The molecule has 13 heavy (non-hydrogen) atoms. The third-order valence-electron chi connectivity index (χ3n) is 3.40. The van der Waals surface area contributed by atoms with Gasteiger partial charge in [0.15, 0.2) is 0 Å². The molecule has 3 nitrogen and oxygen atoms in total. The number of nitrogens with zero attached hydrogens (tertiary/aromatic N) is 1. The van der Waals surface area contributed by atoms with Crippen LogP contribution in [0.4, 0.5) is 0 Å². The lowest BCUT2D eigenvalue weighted by Crippen LogP contribution is -2.55. The standard InChI is InChI=1S/C10H21N3/c11-9-3-1-2-4-10(9)13-7-5-12-6-8-13/h9-10,12H,1-8,11H2. The third kappa shape index (κ3) is 2.22. The van der Waals surface area contributed by atoms with E-state index in [1.165, 1.54) is 38.8 Å².